The van der Waals surface area contributed by atoms with Gasteiger partial charge in [-0.05, 0) is 6.92 Å². The summed E-state index contributed by atoms with van der Waals surface area (Å²) in [5.41, 5.74) is 0. The molecule has 0 aliphatic carbocycles. The molecule has 0 aromatic rings. The Bertz CT molecular complexity index is 60.0. The molecule has 1 N–H and O–H groups in total. The molecular weight excluding hydrogens is 180 g/mol. The van der Waals surface area contributed by atoms with Crippen molar-refractivity contribution in [2.45, 2.75) is 6.92 Å². The van der Waals surface area contributed by atoms with E-state index in [2.05, 4.69) is 21.4 Å². The largest absolute Gasteiger partial charge is 0.297 e. The molecule has 0 aliphatic rings. The van der Waals surface area contributed by atoms with E-state index in [1.807, 2.05) is 6.92 Å². The van der Waals surface area contributed by atoms with Gasteiger partial charge in [0.1, 0.15) is 0 Å². The summed E-state index contributed by atoms with van der Waals surface area (Å²) in [6.07, 6.45) is 1.75. The van der Waals surface area contributed by atoms with Gasteiger partial charge in [-0.1, -0.05) is 6.08 Å². The van der Waals surface area contributed by atoms with Crippen molar-refractivity contribution in [2.24, 2.45) is 0 Å². The van der Waals surface area contributed by atoms with Crippen LogP contribution in [0.15, 0.2) is 12.7 Å². The minimum atomic E-state index is -1.80. The smallest absolute Gasteiger partial charge is 0.224 e. The van der Waals surface area contributed by atoms with Crippen molar-refractivity contribution >= 4 is 24.3 Å². The maximum absolute atomic E-state index is 9.03. The van der Waals surface area contributed by atoms with Crippen molar-refractivity contribution in [3.05, 3.63) is 12.7 Å². The molecule has 2 nitrogen and oxygen atoms in total. The van der Waals surface area contributed by atoms with E-state index >= 15 is 0 Å². The minimum Gasteiger partial charge on any atom is -0.297 e. The Kier molecular flexibility index (Phi) is 14.2. The van der Waals surface area contributed by atoms with Gasteiger partial charge in [0.2, 0.25) is 9.51 Å². The molecule has 0 saturated heterocycles. The summed E-state index contributed by atoms with van der Waals surface area (Å²) in [5.74, 6) is 0. The van der Waals surface area contributed by atoms with Gasteiger partial charge in [0.05, 0.1) is 14.8 Å². The van der Waals surface area contributed by atoms with Crippen LogP contribution in [0.3, 0.4) is 0 Å². The predicted octanol–water partition coefficient (Wildman–Crippen LogP) is 1.71. The van der Waals surface area contributed by atoms with E-state index in [9.17, 15) is 0 Å². The fourth-order valence-electron chi connectivity index (χ4n) is 0. The van der Waals surface area contributed by atoms with E-state index in [1.54, 1.807) is 6.08 Å². The number of allylic oxidation sites excluding steroid dienone is 1. The maximum atomic E-state index is 9.03. The number of hydrogen-bond donors (Lipinski definition) is 1. The van der Waals surface area contributed by atoms with Crippen LogP contribution in [0.1, 0.15) is 6.92 Å². The molecule has 0 fully saturated rings. The van der Waals surface area contributed by atoms with Crippen molar-refractivity contribution in [3.63, 3.8) is 0 Å². The van der Waals surface area contributed by atoms with Crippen LogP contribution in [-0.4, -0.2) is 8.76 Å². The molecule has 0 bridgehead atoms. The highest BCUT2D eigenvalue weighted by molar-refractivity contribution is 9.45. The second-order valence-corrected chi connectivity index (χ2v) is 2.69. The molecule has 0 rings (SSSR count). The molecule has 1 unspecified atom stereocenters. The fraction of sp³-hybridized carbons (Fsp3) is 0.333. The van der Waals surface area contributed by atoms with E-state index in [0.717, 1.165) is 0 Å². The highest BCUT2D eigenvalue weighted by atomic mass is 79.9. The van der Waals surface area contributed by atoms with E-state index < -0.39 is 9.51 Å². The van der Waals surface area contributed by atoms with Gasteiger partial charge < -0.3 is 0 Å². The molecule has 0 aliphatic heterocycles. The number of halogens is 1. The van der Waals surface area contributed by atoms with Crippen molar-refractivity contribution in [2.75, 3.05) is 0 Å². The van der Waals surface area contributed by atoms with Crippen molar-refractivity contribution < 1.29 is 8.76 Å². The van der Waals surface area contributed by atoms with Gasteiger partial charge >= 0.3 is 0 Å². The molecule has 0 spiro atoms. The van der Waals surface area contributed by atoms with Crippen LogP contribution in [0.2, 0.25) is 0 Å². The molecule has 0 amide bonds. The van der Waals surface area contributed by atoms with Crippen LogP contribution in [-0.2, 0) is 9.51 Å². The summed E-state index contributed by atoms with van der Waals surface area (Å²) >= 11 is 2.30. The monoisotopic (exact) mass is 186 g/mol. The zero-order valence-corrected chi connectivity index (χ0v) is 6.33. The first-order chi connectivity index (χ1) is 3.15. The van der Waals surface area contributed by atoms with Crippen LogP contribution < -0.4 is 0 Å². The molecule has 1 atom stereocenters. The van der Waals surface area contributed by atoms with Crippen LogP contribution in [0, 0.1) is 0 Å². The van der Waals surface area contributed by atoms with Gasteiger partial charge in [-0.3, -0.25) is 4.55 Å². The lowest BCUT2D eigenvalue weighted by atomic mass is 10.8. The van der Waals surface area contributed by atoms with E-state index in [-0.39, 0.29) is 0 Å². The number of rotatable bonds is 0. The van der Waals surface area contributed by atoms with E-state index in [4.69, 9.17) is 8.76 Å². The van der Waals surface area contributed by atoms with Crippen LogP contribution in [0.5, 0.6) is 0 Å². The average molecular weight is 187 g/mol. The summed E-state index contributed by atoms with van der Waals surface area (Å²) in [6.45, 7) is 5.25. The Balaban J connectivity index is 0. The van der Waals surface area contributed by atoms with Crippen LogP contribution >= 0.6 is 14.8 Å². The lowest BCUT2D eigenvalue weighted by Gasteiger charge is -1.56. The fourth-order valence-corrected chi connectivity index (χ4v) is 0. The molecule has 0 heterocycles. The molecule has 0 aromatic carbocycles. The summed E-state index contributed by atoms with van der Waals surface area (Å²) in [6, 6.07) is 0. The predicted molar refractivity (Wildman–Crippen MR) is 35.6 cm³/mol. The standard InChI is InChI=1S/C3H6.BrHO2S/c1-3-2;1-4(2)3/h3H,1H2,2H3;(H,2,3). The topological polar surface area (TPSA) is 37.3 Å². The molecule has 0 saturated carbocycles. The zero-order valence-electron chi connectivity index (χ0n) is 3.93. The Morgan fingerprint density at radius 2 is 2.00 bits per heavy atom. The quantitative estimate of drug-likeness (QED) is 0.356. The van der Waals surface area contributed by atoms with Gasteiger partial charge in [-0.25, -0.2) is 4.21 Å². The van der Waals surface area contributed by atoms with Gasteiger partial charge in [0.15, 0.2) is 0 Å². The summed E-state index contributed by atoms with van der Waals surface area (Å²) in [7, 11) is -1.80. The van der Waals surface area contributed by atoms with Gasteiger partial charge in [-0.15, -0.1) is 6.58 Å². The second-order valence-electron chi connectivity index (χ2n) is 0.615. The summed E-state index contributed by atoms with van der Waals surface area (Å²) < 4.78 is 16.5. The Morgan fingerprint density at radius 1 is 2.00 bits per heavy atom. The van der Waals surface area contributed by atoms with Gasteiger partial charge in [-0.2, -0.15) is 0 Å². The molecule has 7 heavy (non-hydrogen) atoms. The Hall–Kier alpha value is 0.330. The highest BCUT2D eigenvalue weighted by Gasteiger charge is 1.64. The van der Waals surface area contributed by atoms with E-state index in [0.29, 0.717) is 0 Å². The first kappa shape index (κ1) is 10.3. The minimum absolute atomic E-state index is 1.75. The van der Waals surface area contributed by atoms with Gasteiger partial charge in [0.25, 0.3) is 0 Å². The molecule has 0 aromatic heterocycles. The van der Waals surface area contributed by atoms with Crippen LogP contribution in [0.4, 0.5) is 0 Å². The molecule has 0 radical (unpaired) electrons. The molecular formula is C3H7BrO2S. The Morgan fingerprint density at radius 3 is 2.00 bits per heavy atom. The summed E-state index contributed by atoms with van der Waals surface area (Å²) in [5, 5.41) is 0. The van der Waals surface area contributed by atoms with Crippen molar-refractivity contribution in [1.29, 1.82) is 0 Å². The molecule has 44 valence electrons. The highest BCUT2D eigenvalue weighted by Crippen LogP contribution is 1.78. The van der Waals surface area contributed by atoms with Crippen LogP contribution in [0.25, 0.3) is 0 Å². The third-order valence-corrected chi connectivity index (χ3v) is 0. The lowest BCUT2D eigenvalue weighted by molar-refractivity contribution is 0.582. The van der Waals surface area contributed by atoms with Gasteiger partial charge in [0, 0.05) is 0 Å². The number of hydrogen-bond acceptors (Lipinski definition) is 1. The summed E-state index contributed by atoms with van der Waals surface area (Å²) in [4.78, 5) is 0. The molecule has 4 heteroatoms. The second kappa shape index (κ2) is 9.59. The van der Waals surface area contributed by atoms with Crippen molar-refractivity contribution in [3.8, 4) is 0 Å². The van der Waals surface area contributed by atoms with E-state index in [1.165, 1.54) is 0 Å². The third-order valence-electron chi connectivity index (χ3n) is 0. The average Bonchev–Trinajstić information content (AvgIpc) is 1.33. The van der Waals surface area contributed by atoms with Crippen molar-refractivity contribution in [1.82, 2.24) is 0 Å². The normalized spacial score (nSPS) is 10.7. The first-order valence-corrected chi connectivity index (χ1v) is 4.44. The SMILES string of the molecule is C=CC.O=S(O)Br. The lowest BCUT2D eigenvalue weighted by Crippen LogP contribution is -1.58. The maximum Gasteiger partial charge on any atom is 0.224 e. The third kappa shape index (κ3) is 1090. The Labute approximate surface area is 53.1 Å². The first-order valence-electron chi connectivity index (χ1n) is 1.49. The zero-order chi connectivity index (χ0) is 6.28.